The summed E-state index contributed by atoms with van der Waals surface area (Å²) in [4.78, 5) is 31.0. The van der Waals surface area contributed by atoms with Crippen LogP contribution in [0.15, 0.2) is 12.3 Å². The van der Waals surface area contributed by atoms with E-state index in [0.717, 1.165) is 0 Å². The summed E-state index contributed by atoms with van der Waals surface area (Å²) in [6, 6.07) is 1.60. The van der Waals surface area contributed by atoms with Crippen molar-refractivity contribution in [1.29, 1.82) is 0 Å². The van der Waals surface area contributed by atoms with Crippen molar-refractivity contribution in [2.45, 2.75) is 0 Å². The maximum atomic E-state index is 12.4. The predicted octanol–water partition coefficient (Wildman–Crippen LogP) is -0.765. The van der Waals surface area contributed by atoms with Crippen LogP contribution in [-0.2, 0) is 11.8 Å². The fraction of sp³-hybridized carbons (Fsp3) is 0.364. The monoisotopic (exact) mass is 260 g/mol. The number of pyridine rings is 1. The molecule has 2 amide bonds. The van der Waals surface area contributed by atoms with Crippen LogP contribution in [0, 0.1) is 0 Å². The lowest BCUT2D eigenvalue weighted by atomic mass is 10.2. The molecule has 1 saturated heterocycles. The topological polar surface area (TPSA) is 84.2 Å². The summed E-state index contributed by atoms with van der Waals surface area (Å²) >= 11 is 0. The number of amides is 2. The van der Waals surface area contributed by atoms with Crippen molar-refractivity contribution in [2.75, 3.05) is 20.3 Å². The molecule has 1 aliphatic heterocycles. The van der Waals surface area contributed by atoms with Gasteiger partial charge in [-0.15, -0.1) is 5.10 Å². The second-order valence-corrected chi connectivity index (χ2v) is 4.48. The van der Waals surface area contributed by atoms with Crippen LogP contribution in [0.2, 0.25) is 0 Å². The molecule has 1 fully saturated rings. The van der Waals surface area contributed by atoms with Crippen molar-refractivity contribution in [1.82, 2.24) is 29.8 Å². The number of aromatic nitrogens is 4. The molecule has 8 nitrogen and oxygen atoms in total. The summed E-state index contributed by atoms with van der Waals surface area (Å²) in [5, 5.41) is 7.80. The van der Waals surface area contributed by atoms with Crippen LogP contribution >= 0.6 is 0 Å². The average molecular weight is 260 g/mol. The van der Waals surface area contributed by atoms with Gasteiger partial charge in [0.05, 0.1) is 12.2 Å². The molecule has 0 aliphatic carbocycles. The second-order valence-electron chi connectivity index (χ2n) is 4.48. The van der Waals surface area contributed by atoms with Crippen molar-refractivity contribution in [3.8, 4) is 0 Å². The van der Waals surface area contributed by atoms with E-state index in [0.29, 0.717) is 23.4 Å². The predicted molar refractivity (Wildman–Crippen MR) is 65.0 cm³/mol. The fourth-order valence-electron chi connectivity index (χ4n) is 2.08. The van der Waals surface area contributed by atoms with Crippen molar-refractivity contribution in [3.63, 3.8) is 0 Å². The van der Waals surface area contributed by atoms with Crippen molar-refractivity contribution < 1.29 is 9.59 Å². The fourth-order valence-corrected chi connectivity index (χ4v) is 2.08. The van der Waals surface area contributed by atoms with Gasteiger partial charge >= 0.3 is 0 Å². The number of rotatable bonds is 1. The van der Waals surface area contributed by atoms with Gasteiger partial charge in [0.2, 0.25) is 5.91 Å². The number of carbonyl (C=O) groups is 2. The highest BCUT2D eigenvalue weighted by Gasteiger charge is 2.30. The molecule has 98 valence electrons. The molecular weight excluding hydrogens is 248 g/mol. The molecule has 3 heterocycles. The molecule has 19 heavy (non-hydrogen) atoms. The van der Waals surface area contributed by atoms with E-state index in [9.17, 15) is 9.59 Å². The number of likely N-dealkylation sites (N-methyl/N-ethyl adjacent to an activating group) is 1. The molecular formula is C11H12N6O2. The number of fused-ring (bicyclic) bond motifs is 1. The van der Waals surface area contributed by atoms with Crippen LogP contribution < -0.4 is 0 Å². The molecule has 0 unspecified atom stereocenters. The minimum Gasteiger partial charge on any atom is -0.326 e. The smallest absolute Gasteiger partial charge is 0.258 e. The molecule has 0 N–H and O–H groups in total. The Bertz CT molecular complexity index is 679. The van der Waals surface area contributed by atoms with Crippen LogP contribution in [0.4, 0.5) is 0 Å². The minimum atomic E-state index is -0.231. The van der Waals surface area contributed by atoms with Gasteiger partial charge in [0, 0.05) is 20.3 Å². The summed E-state index contributed by atoms with van der Waals surface area (Å²) in [5.74, 6) is -0.302. The van der Waals surface area contributed by atoms with E-state index in [1.807, 2.05) is 0 Å². The normalized spacial score (nSPS) is 15.6. The van der Waals surface area contributed by atoms with Gasteiger partial charge in [-0.05, 0) is 6.07 Å². The maximum Gasteiger partial charge on any atom is 0.258 e. The van der Waals surface area contributed by atoms with Gasteiger partial charge in [-0.2, -0.15) is 0 Å². The highest BCUT2D eigenvalue weighted by atomic mass is 16.2. The zero-order valence-electron chi connectivity index (χ0n) is 10.6. The van der Waals surface area contributed by atoms with E-state index >= 15 is 0 Å². The summed E-state index contributed by atoms with van der Waals surface area (Å²) in [7, 11) is 3.38. The zero-order chi connectivity index (χ0) is 13.6. The highest BCUT2D eigenvalue weighted by Crippen LogP contribution is 2.17. The van der Waals surface area contributed by atoms with Crippen molar-refractivity contribution in [2.24, 2.45) is 7.05 Å². The van der Waals surface area contributed by atoms with Crippen LogP contribution in [0.5, 0.6) is 0 Å². The van der Waals surface area contributed by atoms with Crippen molar-refractivity contribution >= 4 is 23.0 Å². The van der Waals surface area contributed by atoms with E-state index in [2.05, 4.69) is 15.3 Å². The lowest BCUT2D eigenvalue weighted by Gasteiger charge is -2.14. The second kappa shape index (κ2) is 4.01. The molecule has 0 aromatic carbocycles. The molecule has 0 atom stereocenters. The number of hydrogen-bond donors (Lipinski definition) is 0. The first kappa shape index (κ1) is 11.6. The van der Waals surface area contributed by atoms with Gasteiger partial charge in [-0.25, -0.2) is 9.67 Å². The lowest BCUT2D eigenvalue weighted by Crippen LogP contribution is -2.30. The maximum absolute atomic E-state index is 12.4. The molecule has 3 rings (SSSR count). The third kappa shape index (κ3) is 1.72. The number of hydrogen-bond acceptors (Lipinski definition) is 5. The van der Waals surface area contributed by atoms with Gasteiger partial charge in [0.1, 0.15) is 12.1 Å². The summed E-state index contributed by atoms with van der Waals surface area (Å²) < 4.78 is 1.51. The molecule has 2 aromatic rings. The standard InChI is InChI=1S/C11H12N6O2/c1-15-6-17(5-8(15)18)11(19)7-3-4-12-10-9(7)13-14-16(10)2/h3-4H,5-6H2,1-2H3. The molecule has 0 radical (unpaired) electrons. The molecule has 8 heteroatoms. The number of aryl methyl sites for hydroxylation is 1. The summed E-state index contributed by atoms with van der Waals surface area (Å²) in [6.45, 7) is 0.390. The van der Waals surface area contributed by atoms with Gasteiger partial charge in [-0.3, -0.25) is 9.59 Å². The molecule has 1 aliphatic rings. The number of carbonyl (C=O) groups excluding carboxylic acids is 2. The summed E-state index contributed by atoms with van der Waals surface area (Å²) in [5.41, 5.74) is 1.42. The third-order valence-corrected chi connectivity index (χ3v) is 3.14. The van der Waals surface area contributed by atoms with Crippen molar-refractivity contribution in [3.05, 3.63) is 17.8 Å². The number of nitrogens with zero attached hydrogens (tertiary/aromatic N) is 6. The molecule has 0 saturated carbocycles. The van der Waals surface area contributed by atoms with Crippen LogP contribution in [0.25, 0.3) is 11.2 Å². The quantitative estimate of drug-likeness (QED) is 0.672. The van der Waals surface area contributed by atoms with E-state index in [-0.39, 0.29) is 18.4 Å². The van der Waals surface area contributed by atoms with Gasteiger partial charge < -0.3 is 9.80 Å². The Morgan fingerprint density at radius 3 is 2.84 bits per heavy atom. The summed E-state index contributed by atoms with van der Waals surface area (Å²) in [6.07, 6.45) is 1.54. The first-order valence-corrected chi connectivity index (χ1v) is 5.75. The largest absolute Gasteiger partial charge is 0.326 e. The van der Waals surface area contributed by atoms with Crippen LogP contribution in [0.1, 0.15) is 10.4 Å². The van der Waals surface area contributed by atoms with Crippen LogP contribution in [-0.4, -0.2) is 61.9 Å². The zero-order valence-corrected chi connectivity index (χ0v) is 10.6. The Hall–Kier alpha value is -2.51. The highest BCUT2D eigenvalue weighted by molar-refractivity contribution is 6.05. The van der Waals surface area contributed by atoms with E-state index in [1.54, 1.807) is 26.4 Å². The van der Waals surface area contributed by atoms with Crippen LogP contribution in [0.3, 0.4) is 0 Å². The Labute approximate surface area is 108 Å². The minimum absolute atomic E-state index is 0.0715. The first-order valence-electron chi connectivity index (χ1n) is 5.75. The van der Waals surface area contributed by atoms with Gasteiger partial charge in [0.25, 0.3) is 5.91 Å². The Morgan fingerprint density at radius 2 is 2.16 bits per heavy atom. The molecule has 0 bridgehead atoms. The first-order chi connectivity index (χ1) is 9.08. The van der Waals surface area contributed by atoms with Gasteiger partial charge in [-0.1, -0.05) is 5.21 Å². The third-order valence-electron chi connectivity index (χ3n) is 3.14. The molecule has 0 spiro atoms. The SMILES string of the molecule is CN1CN(C(=O)c2ccnc3c2nnn3C)CC1=O. The molecule has 2 aromatic heterocycles. The van der Waals surface area contributed by atoms with Gasteiger partial charge in [0.15, 0.2) is 5.65 Å². The average Bonchev–Trinajstić information content (AvgIpc) is 2.93. The Morgan fingerprint density at radius 1 is 1.37 bits per heavy atom. The van der Waals surface area contributed by atoms with E-state index < -0.39 is 0 Å². The lowest BCUT2D eigenvalue weighted by molar-refractivity contribution is -0.125. The Kier molecular flexibility index (Phi) is 2.44. The Balaban J connectivity index is 2.01. The van der Waals surface area contributed by atoms with E-state index in [4.69, 9.17) is 0 Å². The van der Waals surface area contributed by atoms with E-state index in [1.165, 1.54) is 14.5 Å².